The van der Waals surface area contributed by atoms with Crippen molar-refractivity contribution in [3.05, 3.63) is 17.0 Å². The van der Waals surface area contributed by atoms with Gasteiger partial charge in [0.25, 0.3) is 5.91 Å². The van der Waals surface area contributed by atoms with E-state index in [0.29, 0.717) is 18.7 Å². The first kappa shape index (κ1) is 18.5. The van der Waals surface area contributed by atoms with Crippen LogP contribution < -0.4 is 10.6 Å². The maximum Gasteiger partial charge on any atom is 0.255 e. The van der Waals surface area contributed by atoms with Crippen molar-refractivity contribution < 1.29 is 9.59 Å². The number of nitrogens with one attached hydrogen (secondary N) is 2. The molecule has 0 radical (unpaired) electrons. The molecule has 1 aliphatic rings. The van der Waals surface area contributed by atoms with Crippen molar-refractivity contribution in [2.75, 3.05) is 13.1 Å². The van der Waals surface area contributed by atoms with Crippen LogP contribution in [0.2, 0.25) is 0 Å². The van der Waals surface area contributed by atoms with Crippen LogP contribution in [0.4, 0.5) is 0 Å². The van der Waals surface area contributed by atoms with Gasteiger partial charge in [0.1, 0.15) is 0 Å². The minimum Gasteiger partial charge on any atom is -0.354 e. The number of rotatable bonds is 7. The number of hydrogen-bond acceptors (Lipinski definition) is 3. The Hall–Kier alpha value is -1.85. The average Bonchev–Trinajstić information content (AvgIpc) is 2.86. The van der Waals surface area contributed by atoms with Gasteiger partial charge in [0, 0.05) is 31.2 Å². The lowest BCUT2D eigenvalue weighted by Crippen LogP contribution is -2.38. The Morgan fingerprint density at radius 1 is 1.12 bits per heavy atom. The van der Waals surface area contributed by atoms with Crippen molar-refractivity contribution in [1.82, 2.24) is 20.4 Å². The number of carbonyl (C=O) groups is 2. The van der Waals surface area contributed by atoms with E-state index in [1.807, 2.05) is 18.5 Å². The summed E-state index contributed by atoms with van der Waals surface area (Å²) >= 11 is 0. The van der Waals surface area contributed by atoms with Gasteiger partial charge in [0.15, 0.2) is 0 Å². The first-order chi connectivity index (χ1) is 11.5. The molecule has 0 aliphatic heterocycles. The minimum absolute atomic E-state index is 0.112. The monoisotopic (exact) mass is 334 g/mol. The molecule has 134 valence electrons. The van der Waals surface area contributed by atoms with E-state index in [4.69, 9.17) is 0 Å². The van der Waals surface area contributed by atoms with Gasteiger partial charge in [-0.1, -0.05) is 26.2 Å². The van der Waals surface area contributed by atoms with Crippen molar-refractivity contribution in [2.24, 2.45) is 5.92 Å². The van der Waals surface area contributed by atoms with Gasteiger partial charge in [0.05, 0.1) is 11.3 Å². The summed E-state index contributed by atoms with van der Waals surface area (Å²) in [5.74, 6) is 0.178. The van der Waals surface area contributed by atoms with E-state index in [1.165, 1.54) is 6.42 Å². The zero-order valence-electron chi connectivity index (χ0n) is 15.2. The van der Waals surface area contributed by atoms with Crippen LogP contribution in [0.5, 0.6) is 0 Å². The van der Waals surface area contributed by atoms with E-state index in [0.717, 1.165) is 50.0 Å². The third-order valence-corrected chi connectivity index (χ3v) is 4.73. The van der Waals surface area contributed by atoms with Gasteiger partial charge in [-0.2, -0.15) is 5.10 Å². The average molecular weight is 334 g/mol. The highest BCUT2D eigenvalue weighted by atomic mass is 16.2. The Labute approximate surface area is 144 Å². The summed E-state index contributed by atoms with van der Waals surface area (Å²) in [6, 6.07) is 0. The number of nitrogens with zero attached hydrogens (tertiary/aromatic N) is 2. The lowest BCUT2D eigenvalue weighted by molar-refractivity contribution is -0.125. The van der Waals surface area contributed by atoms with Gasteiger partial charge in [-0.3, -0.25) is 14.3 Å². The fourth-order valence-electron chi connectivity index (χ4n) is 3.41. The number of aryl methyl sites for hydroxylation is 2. The highest BCUT2D eigenvalue weighted by Crippen LogP contribution is 2.23. The summed E-state index contributed by atoms with van der Waals surface area (Å²) < 4.78 is 1.88. The molecule has 0 saturated heterocycles. The summed E-state index contributed by atoms with van der Waals surface area (Å²) in [6.07, 6.45) is 6.51. The van der Waals surface area contributed by atoms with Gasteiger partial charge >= 0.3 is 0 Å². The van der Waals surface area contributed by atoms with E-state index in [9.17, 15) is 9.59 Å². The third-order valence-electron chi connectivity index (χ3n) is 4.73. The van der Waals surface area contributed by atoms with Crippen molar-refractivity contribution in [1.29, 1.82) is 0 Å². The minimum atomic E-state index is -0.112. The van der Waals surface area contributed by atoms with Crippen LogP contribution >= 0.6 is 0 Å². The molecule has 1 aromatic heterocycles. The van der Waals surface area contributed by atoms with Crippen molar-refractivity contribution >= 4 is 11.8 Å². The van der Waals surface area contributed by atoms with Gasteiger partial charge in [-0.25, -0.2) is 0 Å². The number of carbonyl (C=O) groups excluding carboxylic acids is 2. The van der Waals surface area contributed by atoms with Gasteiger partial charge in [-0.15, -0.1) is 0 Å². The Kier molecular flexibility index (Phi) is 6.82. The fraction of sp³-hybridized carbons (Fsp3) is 0.722. The number of aromatic nitrogens is 2. The zero-order valence-corrected chi connectivity index (χ0v) is 15.2. The van der Waals surface area contributed by atoms with Gasteiger partial charge in [0.2, 0.25) is 5.91 Å². The van der Waals surface area contributed by atoms with E-state index >= 15 is 0 Å². The number of hydrogen-bond donors (Lipinski definition) is 2. The first-order valence-electron chi connectivity index (χ1n) is 9.14. The molecule has 0 aromatic carbocycles. The molecular formula is C18H30N4O2. The van der Waals surface area contributed by atoms with E-state index < -0.39 is 0 Å². The second kappa shape index (κ2) is 8.85. The molecule has 6 heteroatoms. The van der Waals surface area contributed by atoms with Crippen molar-refractivity contribution in [2.45, 2.75) is 65.8 Å². The molecule has 6 nitrogen and oxygen atoms in total. The van der Waals surface area contributed by atoms with Crippen LogP contribution in [0.25, 0.3) is 0 Å². The second-order valence-corrected chi connectivity index (χ2v) is 6.65. The molecule has 1 aromatic rings. The lowest BCUT2D eigenvalue weighted by atomic mass is 9.89. The van der Waals surface area contributed by atoms with Gasteiger partial charge < -0.3 is 10.6 Å². The predicted octanol–water partition coefficient (Wildman–Crippen LogP) is 2.34. The smallest absolute Gasteiger partial charge is 0.255 e. The molecule has 1 fully saturated rings. The summed E-state index contributed by atoms with van der Waals surface area (Å²) in [6.45, 7) is 7.61. The van der Waals surface area contributed by atoms with Crippen LogP contribution in [-0.2, 0) is 11.3 Å². The maximum absolute atomic E-state index is 12.4. The quantitative estimate of drug-likeness (QED) is 0.752. The Morgan fingerprint density at radius 3 is 2.46 bits per heavy atom. The largest absolute Gasteiger partial charge is 0.354 e. The highest BCUT2D eigenvalue weighted by Gasteiger charge is 2.21. The standard InChI is InChI=1S/C18H30N4O2/c1-4-12-22-14(3)16(13(2)21-22)18(24)20-11-10-19-17(23)15-8-6-5-7-9-15/h15H,4-12H2,1-3H3,(H,19,23)(H,20,24). The molecule has 0 atom stereocenters. The van der Waals surface area contributed by atoms with Crippen LogP contribution in [-0.4, -0.2) is 34.7 Å². The maximum atomic E-state index is 12.4. The third kappa shape index (κ3) is 4.58. The topological polar surface area (TPSA) is 76.0 Å². The molecule has 2 amide bonds. The number of amides is 2. The van der Waals surface area contributed by atoms with E-state index in [1.54, 1.807) is 0 Å². The molecule has 0 spiro atoms. The fourth-order valence-corrected chi connectivity index (χ4v) is 3.41. The molecule has 1 heterocycles. The molecule has 24 heavy (non-hydrogen) atoms. The van der Waals surface area contributed by atoms with E-state index in [-0.39, 0.29) is 17.7 Å². The van der Waals surface area contributed by atoms with Crippen LogP contribution in [0.15, 0.2) is 0 Å². The van der Waals surface area contributed by atoms with Gasteiger partial charge in [-0.05, 0) is 33.1 Å². The van der Waals surface area contributed by atoms with Crippen molar-refractivity contribution in [3.63, 3.8) is 0 Å². The van der Waals surface area contributed by atoms with Crippen LogP contribution in [0.1, 0.15) is 67.2 Å². The SMILES string of the molecule is CCCn1nc(C)c(C(=O)NCCNC(=O)C2CCCCC2)c1C. The first-order valence-corrected chi connectivity index (χ1v) is 9.14. The predicted molar refractivity (Wildman–Crippen MR) is 93.9 cm³/mol. The van der Waals surface area contributed by atoms with Crippen LogP contribution in [0.3, 0.4) is 0 Å². The Balaban J connectivity index is 1.78. The summed E-state index contributed by atoms with van der Waals surface area (Å²) in [5, 5.41) is 10.3. The lowest BCUT2D eigenvalue weighted by Gasteiger charge is -2.20. The summed E-state index contributed by atoms with van der Waals surface area (Å²) in [7, 11) is 0. The molecular weight excluding hydrogens is 304 g/mol. The van der Waals surface area contributed by atoms with E-state index in [2.05, 4.69) is 22.7 Å². The molecule has 0 bridgehead atoms. The van der Waals surface area contributed by atoms with Crippen molar-refractivity contribution in [3.8, 4) is 0 Å². The summed E-state index contributed by atoms with van der Waals surface area (Å²) in [4.78, 5) is 24.4. The normalized spacial score (nSPS) is 15.3. The second-order valence-electron chi connectivity index (χ2n) is 6.65. The Bertz CT molecular complexity index is 574. The van der Waals surface area contributed by atoms with Crippen LogP contribution in [0, 0.1) is 19.8 Å². The molecule has 0 unspecified atom stereocenters. The zero-order chi connectivity index (χ0) is 17.5. The Morgan fingerprint density at radius 2 is 1.79 bits per heavy atom. The highest BCUT2D eigenvalue weighted by molar-refractivity contribution is 5.96. The molecule has 1 aliphatic carbocycles. The molecule has 1 saturated carbocycles. The molecule has 2 N–H and O–H groups in total. The molecule has 2 rings (SSSR count). The summed E-state index contributed by atoms with van der Waals surface area (Å²) in [5.41, 5.74) is 2.31.